The van der Waals surface area contributed by atoms with E-state index in [0.717, 1.165) is 5.56 Å². The number of carbonyl (C=O) groups is 1. The van der Waals surface area contributed by atoms with Crippen molar-refractivity contribution < 1.29 is 14.3 Å². The summed E-state index contributed by atoms with van der Waals surface area (Å²) < 4.78 is 15.8. The highest BCUT2D eigenvalue weighted by atomic mass is 19.1. The number of para-hydroxylation sites is 1. The standard InChI is InChI=1S/C16H13FN2O2/c1-9-6-7-14(12(17)8-9)19-10(2)18-13-5-3-4-11(15(13)19)16(20)21/h3-8H,1-2H3,(H,20,21). The van der Waals surface area contributed by atoms with Crippen molar-refractivity contribution in [3.05, 3.63) is 59.2 Å². The van der Waals surface area contributed by atoms with Crippen LogP contribution in [0.1, 0.15) is 21.7 Å². The Hall–Kier alpha value is -2.69. The molecule has 3 rings (SSSR count). The molecular formula is C16H13FN2O2. The first-order chi connectivity index (χ1) is 9.99. The Labute approximate surface area is 120 Å². The summed E-state index contributed by atoms with van der Waals surface area (Å²) in [7, 11) is 0. The number of nitrogens with zero attached hydrogens (tertiary/aromatic N) is 2. The number of carboxylic acid groups (broad SMARTS) is 1. The van der Waals surface area contributed by atoms with Crippen LogP contribution in [0, 0.1) is 19.7 Å². The van der Waals surface area contributed by atoms with Gasteiger partial charge in [0, 0.05) is 0 Å². The summed E-state index contributed by atoms with van der Waals surface area (Å²) >= 11 is 0. The fourth-order valence-corrected chi connectivity index (χ4v) is 2.50. The molecular weight excluding hydrogens is 271 g/mol. The van der Waals surface area contributed by atoms with Crippen molar-refractivity contribution in [1.82, 2.24) is 9.55 Å². The summed E-state index contributed by atoms with van der Waals surface area (Å²) in [5.41, 5.74) is 2.15. The Kier molecular flexibility index (Phi) is 2.97. The van der Waals surface area contributed by atoms with Crippen molar-refractivity contribution in [2.45, 2.75) is 13.8 Å². The van der Waals surface area contributed by atoms with Crippen molar-refractivity contribution >= 4 is 17.0 Å². The second kappa shape index (κ2) is 4.70. The molecule has 0 aliphatic rings. The number of carboxylic acids is 1. The normalized spacial score (nSPS) is 11.0. The number of aromatic nitrogens is 2. The van der Waals surface area contributed by atoms with Crippen LogP contribution >= 0.6 is 0 Å². The van der Waals surface area contributed by atoms with Crippen molar-refractivity contribution in [2.75, 3.05) is 0 Å². The van der Waals surface area contributed by atoms with Crippen molar-refractivity contribution in [3.8, 4) is 5.69 Å². The maximum Gasteiger partial charge on any atom is 0.337 e. The minimum absolute atomic E-state index is 0.105. The lowest BCUT2D eigenvalue weighted by Crippen LogP contribution is -2.05. The molecule has 2 aromatic carbocycles. The number of rotatable bonds is 2. The van der Waals surface area contributed by atoms with Crippen LogP contribution in [-0.2, 0) is 0 Å². The molecule has 0 radical (unpaired) electrons. The highest BCUT2D eigenvalue weighted by Gasteiger charge is 2.18. The third-order valence-electron chi connectivity index (χ3n) is 3.42. The second-order valence-corrected chi connectivity index (χ2v) is 4.93. The number of aromatic carboxylic acids is 1. The predicted octanol–water partition coefficient (Wildman–Crippen LogP) is 3.48. The predicted molar refractivity (Wildman–Crippen MR) is 77.5 cm³/mol. The summed E-state index contributed by atoms with van der Waals surface area (Å²) in [4.78, 5) is 15.7. The van der Waals surface area contributed by atoms with Crippen LogP contribution in [0.25, 0.3) is 16.7 Å². The number of hydrogen-bond donors (Lipinski definition) is 1. The van der Waals surface area contributed by atoms with E-state index in [1.165, 1.54) is 12.1 Å². The van der Waals surface area contributed by atoms with Crippen LogP contribution < -0.4 is 0 Å². The van der Waals surface area contributed by atoms with E-state index in [1.54, 1.807) is 42.7 Å². The lowest BCUT2D eigenvalue weighted by atomic mass is 10.1. The van der Waals surface area contributed by atoms with Gasteiger partial charge in [-0.15, -0.1) is 0 Å². The van der Waals surface area contributed by atoms with E-state index in [0.29, 0.717) is 22.5 Å². The van der Waals surface area contributed by atoms with Crippen molar-refractivity contribution in [2.24, 2.45) is 0 Å². The Bertz CT molecular complexity index is 868. The van der Waals surface area contributed by atoms with Crippen LogP contribution in [0.15, 0.2) is 36.4 Å². The largest absolute Gasteiger partial charge is 0.478 e. The van der Waals surface area contributed by atoms with Gasteiger partial charge in [-0.3, -0.25) is 4.57 Å². The number of benzene rings is 2. The fraction of sp³-hybridized carbons (Fsp3) is 0.125. The SMILES string of the molecule is Cc1ccc(-n2c(C)nc3cccc(C(=O)O)c32)c(F)c1. The van der Waals surface area contributed by atoms with E-state index in [1.807, 2.05) is 0 Å². The van der Waals surface area contributed by atoms with Crippen LogP contribution in [0.3, 0.4) is 0 Å². The molecule has 0 atom stereocenters. The quantitative estimate of drug-likeness (QED) is 0.783. The van der Waals surface area contributed by atoms with E-state index in [9.17, 15) is 14.3 Å². The van der Waals surface area contributed by atoms with Crippen LogP contribution in [-0.4, -0.2) is 20.6 Å². The van der Waals surface area contributed by atoms with Gasteiger partial charge in [-0.25, -0.2) is 14.2 Å². The summed E-state index contributed by atoms with van der Waals surface area (Å²) in [5.74, 6) is -0.923. The van der Waals surface area contributed by atoms with E-state index < -0.39 is 11.8 Å². The molecule has 0 aliphatic heterocycles. The maximum absolute atomic E-state index is 14.3. The molecule has 0 aliphatic carbocycles. The van der Waals surface area contributed by atoms with E-state index in [2.05, 4.69) is 4.98 Å². The zero-order chi connectivity index (χ0) is 15.1. The van der Waals surface area contributed by atoms with E-state index >= 15 is 0 Å². The molecule has 0 spiro atoms. The van der Waals surface area contributed by atoms with E-state index in [4.69, 9.17) is 0 Å². The monoisotopic (exact) mass is 284 g/mol. The van der Waals surface area contributed by atoms with Gasteiger partial charge in [0.25, 0.3) is 0 Å². The molecule has 0 fully saturated rings. The molecule has 0 unspecified atom stereocenters. The molecule has 4 nitrogen and oxygen atoms in total. The lowest BCUT2D eigenvalue weighted by molar-refractivity contribution is 0.0698. The average Bonchev–Trinajstić information content (AvgIpc) is 2.74. The van der Waals surface area contributed by atoms with Gasteiger partial charge in [0.2, 0.25) is 0 Å². The minimum atomic E-state index is -1.06. The Morgan fingerprint density at radius 1 is 1.24 bits per heavy atom. The third-order valence-corrected chi connectivity index (χ3v) is 3.42. The van der Waals surface area contributed by atoms with Crippen LogP contribution in [0.5, 0.6) is 0 Å². The summed E-state index contributed by atoms with van der Waals surface area (Å²) in [6.07, 6.45) is 0. The Balaban J connectivity index is 2.41. The third kappa shape index (κ3) is 2.07. The Morgan fingerprint density at radius 2 is 2.00 bits per heavy atom. The molecule has 1 aromatic heterocycles. The highest BCUT2D eigenvalue weighted by molar-refractivity contribution is 6.01. The van der Waals surface area contributed by atoms with Gasteiger partial charge < -0.3 is 5.11 Å². The van der Waals surface area contributed by atoms with Gasteiger partial charge in [-0.2, -0.15) is 0 Å². The van der Waals surface area contributed by atoms with Gasteiger partial charge in [0.05, 0.1) is 22.3 Å². The topological polar surface area (TPSA) is 55.1 Å². The first-order valence-corrected chi connectivity index (χ1v) is 6.47. The number of imidazole rings is 1. The summed E-state index contributed by atoms with van der Waals surface area (Å²) in [6.45, 7) is 3.53. The van der Waals surface area contributed by atoms with Crippen LogP contribution in [0.4, 0.5) is 4.39 Å². The molecule has 0 amide bonds. The molecule has 106 valence electrons. The van der Waals surface area contributed by atoms with Gasteiger partial charge in [-0.1, -0.05) is 12.1 Å². The first kappa shape index (κ1) is 13.3. The summed E-state index contributed by atoms with van der Waals surface area (Å²) in [6, 6.07) is 9.69. The fourth-order valence-electron chi connectivity index (χ4n) is 2.50. The zero-order valence-corrected chi connectivity index (χ0v) is 11.6. The van der Waals surface area contributed by atoms with Crippen molar-refractivity contribution in [1.29, 1.82) is 0 Å². The molecule has 0 bridgehead atoms. The molecule has 5 heteroatoms. The zero-order valence-electron chi connectivity index (χ0n) is 11.6. The summed E-state index contributed by atoms with van der Waals surface area (Å²) in [5, 5.41) is 9.34. The number of hydrogen-bond acceptors (Lipinski definition) is 2. The van der Waals surface area contributed by atoms with Crippen molar-refractivity contribution in [3.63, 3.8) is 0 Å². The average molecular weight is 284 g/mol. The molecule has 0 saturated heterocycles. The van der Waals surface area contributed by atoms with Gasteiger partial charge >= 0.3 is 5.97 Å². The van der Waals surface area contributed by atoms with E-state index in [-0.39, 0.29) is 5.56 Å². The molecule has 0 saturated carbocycles. The number of aryl methyl sites for hydroxylation is 2. The minimum Gasteiger partial charge on any atom is -0.478 e. The first-order valence-electron chi connectivity index (χ1n) is 6.47. The molecule has 21 heavy (non-hydrogen) atoms. The van der Waals surface area contributed by atoms with Crippen LogP contribution in [0.2, 0.25) is 0 Å². The van der Waals surface area contributed by atoms with Gasteiger partial charge in [0.15, 0.2) is 0 Å². The number of fused-ring (bicyclic) bond motifs is 1. The van der Waals surface area contributed by atoms with Gasteiger partial charge in [0.1, 0.15) is 11.6 Å². The Morgan fingerprint density at radius 3 is 2.67 bits per heavy atom. The molecule has 1 heterocycles. The number of halogens is 1. The van der Waals surface area contributed by atoms with Gasteiger partial charge in [-0.05, 0) is 43.7 Å². The molecule has 1 N–H and O–H groups in total. The second-order valence-electron chi connectivity index (χ2n) is 4.93. The maximum atomic E-state index is 14.3. The molecule has 3 aromatic rings. The highest BCUT2D eigenvalue weighted by Crippen LogP contribution is 2.26. The lowest BCUT2D eigenvalue weighted by Gasteiger charge is -2.10. The smallest absolute Gasteiger partial charge is 0.337 e.